The monoisotopic (exact) mass is 192 g/mol. The summed E-state index contributed by atoms with van der Waals surface area (Å²) < 4.78 is 1.82. The molecule has 1 rings (SSSR count). The van der Waals surface area contributed by atoms with Gasteiger partial charge in [0.05, 0.1) is 11.7 Å². The Bertz CT molecular complexity index is 332. The van der Waals surface area contributed by atoms with Gasteiger partial charge in [-0.2, -0.15) is 0 Å². The van der Waals surface area contributed by atoms with Crippen molar-refractivity contribution in [2.24, 2.45) is 0 Å². The molecular weight excluding hydrogens is 176 g/mol. The minimum Gasteiger partial charge on any atom is -0.353 e. The number of nitrogens with one attached hydrogen (secondary N) is 1. The smallest absolute Gasteiger partial charge is 0.145 e. The summed E-state index contributed by atoms with van der Waals surface area (Å²) in [5.41, 5.74) is -0.368. The number of aryl methyl sites for hydroxylation is 1. The highest BCUT2D eigenvalue weighted by Gasteiger charge is 2.15. The van der Waals surface area contributed by atoms with Gasteiger partial charge in [0.1, 0.15) is 5.82 Å². The average Bonchev–Trinajstić information content (AvgIpc) is 2.53. The molecule has 4 nitrogen and oxygen atoms in total. The summed E-state index contributed by atoms with van der Waals surface area (Å²) in [5.74, 6) is 3.54. The molecule has 4 heteroatoms. The van der Waals surface area contributed by atoms with Crippen molar-refractivity contribution in [2.45, 2.75) is 39.3 Å². The van der Waals surface area contributed by atoms with E-state index in [-0.39, 0.29) is 5.54 Å². The standard InChI is InChI=1S/C10H16N4/c1-5-7-14-9(8-11-13-14)12-10(3,4)6-2/h2,8,12H,5,7H2,1,3-4H3. The molecule has 0 aromatic carbocycles. The summed E-state index contributed by atoms with van der Waals surface area (Å²) in [4.78, 5) is 0. The predicted octanol–water partition coefficient (Wildman–Crippen LogP) is 1.51. The van der Waals surface area contributed by atoms with E-state index < -0.39 is 0 Å². The number of aromatic nitrogens is 3. The van der Waals surface area contributed by atoms with Gasteiger partial charge in [0.15, 0.2) is 0 Å². The van der Waals surface area contributed by atoms with Gasteiger partial charge in [-0.1, -0.05) is 18.1 Å². The lowest BCUT2D eigenvalue weighted by molar-refractivity contribution is 0.575. The Hall–Kier alpha value is -1.50. The van der Waals surface area contributed by atoms with Gasteiger partial charge in [0.2, 0.25) is 0 Å². The molecule has 0 fully saturated rings. The molecule has 0 aliphatic carbocycles. The molecule has 76 valence electrons. The number of nitrogens with zero attached hydrogens (tertiary/aromatic N) is 3. The summed E-state index contributed by atoms with van der Waals surface area (Å²) in [5, 5.41) is 11.0. The summed E-state index contributed by atoms with van der Waals surface area (Å²) in [6.45, 7) is 6.83. The molecule has 0 saturated carbocycles. The maximum Gasteiger partial charge on any atom is 0.145 e. The summed E-state index contributed by atoms with van der Waals surface area (Å²) in [7, 11) is 0. The van der Waals surface area contributed by atoms with Gasteiger partial charge < -0.3 is 5.32 Å². The summed E-state index contributed by atoms with van der Waals surface area (Å²) >= 11 is 0. The number of anilines is 1. The van der Waals surface area contributed by atoms with Gasteiger partial charge in [-0.25, -0.2) is 4.68 Å². The fourth-order valence-corrected chi connectivity index (χ4v) is 1.09. The Morgan fingerprint density at radius 2 is 2.36 bits per heavy atom. The highest BCUT2D eigenvalue weighted by molar-refractivity contribution is 5.38. The second kappa shape index (κ2) is 4.14. The number of hydrogen-bond acceptors (Lipinski definition) is 3. The molecule has 0 radical (unpaired) electrons. The van der Waals surface area contributed by atoms with Crippen molar-refractivity contribution in [3.05, 3.63) is 6.20 Å². The first-order chi connectivity index (χ1) is 6.59. The maximum absolute atomic E-state index is 5.38. The second-order valence-corrected chi connectivity index (χ2v) is 3.74. The lowest BCUT2D eigenvalue weighted by Gasteiger charge is -2.20. The van der Waals surface area contributed by atoms with E-state index in [1.165, 1.54) is 0 Å². The van der Waals surface area contributed by atoms with Crippen LogP contribution in [0.1, 0.15) is 27.2 Å². The molecule has 0 spiro atoms. The van der Waals surface area contributed by atoms with E-state index >= 15 is 0 Å². The van der Waals surface area contributed by atoms with E-state index in [2.05, 4.69) is 28.5 Å². The fourth-order valence-electron chi connectivity index (χ4n) is 1.09. The van der Waals surface area contributed by atoms with Crippen LogP contribution in [0.3, 0.4) is 0 Å². The second-order valence-electron chi connectivity index (χ2n) is 3.74. The number of hydrogen-bond donors (Lipinski definition) is 1. The minimum absolute atomic E-state index is 0.368. The van der Waals surface area contributed by atoms with E-state index in [0.717, 1.165) is 18.8 Å². The van der Waals surface area contributed by atoms with E-state index in [1.807, 2.05) is 18.5 Å². The highest BCUT2D eigenvalue weighted by Crippen LogP contribution is 2.12. The lowest BCUT2D eigenvalue weighted by atomic mass is 10.1. The van der Waals surface area contributed by atoms with Crippen molar-refractivity contribution in [1.29, 1.82) is 0 Å². The van der Waals surface area contributed by atoms with Gasteiger partial charge >= 0.3 is 0 Å². The molecule has 0 atom stereocenters. The first-order valence-corrected chi connectivity index (χ1v) is 4.73. The molecular formula is C10H16N4. The average molecular weight is 192 g/mol. The van der Waals surface area contributed by atoms with E-state index in [9.17, 15) is 0 Å². The van der Waals surface area contributed by atoms with Crippen LogP contribution in [-0.4, -0.2) is 20.5 Å². The number of terminal acetylenes is 1. The summed E-state index contributed by atoms with van der Waals surface area (Å²) in [6, 6.07) is 0. The quantitative estimate of drug-likeness (QED) is 0.735. The zero-order valence-corrected chi connectivity index (χ0v) is 8.91. The Balaban J connectivity index is 2.77. The van der Waals surface area contributed by atoms with Crippen LogP contribution in [0.2, 0.25) is 0 Å². The third-order valence-electron chi connectivity index (χ3n) is 1.85. The summed E-state index contributed by atoms with van der Waals surface area (Å²) in [6.07, 6.45) is 8.10. The van der Waals surface area contributed by atoms with Gasteiger partial charge in [-0.05, 0) is 20.3 Å². The maximum atomic E-state index is 5.38. The molecule has 0 aliphatic heterocycles. The predicted molar refractivity (Wildman–Crippen MR) is 56.8 cm³/mol. The SMILES string of the molecule is C#CC(C)(C)Nc1cnnn1CCC. The van der Waals surface area contributed by atoms with Crippen LogP contribution < -0.4 is 5.32 Å². The Morgan fingerprint density at radius 1 is 1.64 bits per heavy atom. The van der Waals surface area contributed by atoms with Crippen molar-refractivity contribution in [3.8, 4) is 12.3 Å². The van der Waals surface area contributed by atoms with Crippen LogP contribution in [0, 0.1) is 12.3 Å². The van der Waals surface area contributed by atoms with Crippen molar-refractivity contribution in [2.75, 3.05) is 5.32 Å². The molecule has 0 saturated heterocycles. The van der Waals surface area contributed by atoms with E-state index in [0.29, 0.717) is 0 Å². The number of rotatable bonds is 4. The van der Waals surface area contributed by atoms with Gasteiger partial charge in [0.25, 0.3) is 0 Å². The van der Waals surface area contributed by atoms with Crippen molar-refractivity contribution in [1.82, 2.24) is 15.0 Å². The molecule has 1 aromatic rings. The van der Waals surface area contributed by atoms with Crippen molar-refractivity contribution in [3.63, 3.8) is 0 Å². The molecule has 0 unspecified atom stereocenters. The molecule has 14 heavy (non-hydrogen) atoms. The van der Waals surface area contributed by atoms with Gasteiger partial charge in [-0.3, -0.25) is 0 Å². The lowest BCUT2D eigenvalue weighted by Crippen LogP contribution is -2.29. The zero-order chi connectivity index (χ0) is 10.6. The first-order valence-electron chi connectivity index (χ1n) is 4.73. The van der Waals surface area contributed by atoms with Crippen molar-refractivity contribution < 1.29 is 0 Å². The Kier molecular flexibility index (Phi) is 3.13. The van der Waals surface area contributed by atoms with Gasteiger partial charge in [-0.15, -0.1) is 11.5 Å². The van der Waals surface area contributed by atoms with Crippen LogP contribution in [0.15, 0.2) is 6.20 Å². The molecule has 0 amide bonds. The Morgan fingerprint density at radius 3 is 2.93 bits per heavy atom. The third-order valence-corrected chi connectivity index (χ3v) is 1.85. The van der Waals surface area contributed by atoms with Crippen LogP contribution >= 0.6 is 0 Å². The van der Waals surface area contributed by atoms with Crippen LogP contribution in [0.4, 0.5) is 5.82 Å². The highest BCUT2D eigenvalue weighted by atomic mass is 15.5. The zero-order valence-electron chi connectivity index (χ0n) is 8.91. The first kappa shape index (κ1) is 10.6. The van der Waals surface area contributed by atoms with Crippen LogP contribution in [0.5, 0.6) is 0 Å². The molecule has 0 aliphatic rings. The van der Waals surface area contributed by atoms with E-state index in [4.69, 9.17) is 6.42 Å². The molecule has 1 N–H and O–H groups in total. The molecule has 0 bridgehead atoms. The molecule has 1 heterocycles. The molecule has 1 aromatic heterocycles. The largest absolute Gasteiger partial charge is 0.353 e. The van der Waals surface area contributed by atoms with Crippen LogP contribution in [-0.2, 0) is 6.54 Å². The topological polar surface area (TPSA) is 42.7 Å². The van der Waals surface area contributed by atoms with Crippen LogP contribution in [0.25, 0.3) is 0 Å². The van der Waals surface area contributed by atoms with Crippen molar-refractivity contribution >= 4 is 5.82 Å². The normalized spacial score (nSPS) is 11.0. The van der Waals surface area contributed by atoms with E-state index in [1.54, 1.807) is 6.20 Å². The third kappa shape index (κ3) is 2.49. The minimum atomic E-state index is -0.368. The Labute approximate surface area is 84.7 Å². The fraction of sp³-hybridized carbons (Fsp3) is 0.600. The van der Waals surface area contributed by atoms with Gasteiger partial charge in [0, 0.05) is 6.54 Å².